The van der Waals surface area contributed by atoms with Gasteiger partial charge >= 0.3 is 0 Å². The first-order valence-electron chi connectivity index (χ1n) is 6.43. The van der Waals surface area contributed by atoms with Gasteiger partial charge in [-0.05, 0) is 44.4 Å². The lowest BCUT2D eigenvalue weighted by molar-refractivity contribution is -0.00475. The number of nitrogens with one attached hydrogen (secondary N) is 1. The van der Waals surface area contributed by atoms with Crippen LogP contribution in [0, 0.1) is 6.92 Å². The first kappa shape index (κ1) is 14.3. The van der Waals surface area contributed by atoms with E-state index < -0.39 is 10.0 Å². The van der Waals surface area contributed by atoms with E-state index in [1.165, 1.54) is 0 Å². The highest BCUT2D eigenvalue weighted by Crippen LogP contribution is 2.26. The van der Waals surface area contributed by atoms with E-state index >= 15 is 0 Å². The standard InChI is InChI=1S/C13H20N2O3S/c1-3-18-11-7-10(8-11)15-19(16,17)13-6-4-5-12(14)9(13)2/h4-6,10-11,15H,3,7-8,14H2,1-2H3. The number of rotatable bonds is 5. The zero-order valence-electron chi connectivity index (χ0n) is 11.2. The molecule has 3 N–H and O–H groups in total. The van der Waals surface area contributed by atoms with Crippen LogP contribution in [0.15, 0.2) is 23.1 Å². The van der Waals surface area contributed by atoms with Crippen LogP contribution in [0.5, 0.6) is 0 Å². The van der Waals surface area contributed by atoms with Crippen molar-refractivity contribution in [3.05, 3.63) is 23.8 Å². The molecule has 0 atom stereocenters. The molecule has 0 bridgehead atoms. The maximum atomic E-state index is 12.3. The van der Waals surface area contributed by atoms with Crippen molar-refractivity contribution < 1.29 is 13.2 Å². The molecule has 5 nitrogen and oxygen atoms in total. The van der Waals surface area contributed by atoms with Crippen LogP contribution in [-0.2, 0) is 14.8 Å². The number of nitrogen functional groups attached to an aromatic ring is 1. The van der Waals surface area contributed by atoms with E-state index in [9.17, 15) is 8.42 Å². The maximum absolute atomic E-state index is 12.3. The molecule has 0 amide bonds. The quantitative estimate of drug-likeness (QED) is 0.801. The Hall–Kier alpha value is -1.11. The van der Waals surface area contributed by atoms with E-state index in [1.807, 2.05) is 6.92 Å². The van der Waals surface area contributed by atoms with Gasteiger partial charge in [0, 0.05) is 18.3 Å². The number of sulfonamides is 1. The lowest BCUT2D eigenvalue weighted by Crippen LogP contribution is -2.47. The summed E-state index contributed by atoms with van der Waals surface area (Å²) in [5.74, 6) is 0. The number of benzene rings is 1. The molecule has 1 aliphatic rings. The summed E-state index contributed by atoms with van der Waals surface area (Å²) in [5, 5.41) is 0. The maximum Gasteiger partial charge on any atom is 0.241 e. The fraction of sp³-hybridized carbons (Fsp3) is 0.538. The second-order valence-electron chi connectivity index (χ2n) is 4.84. The minimum absolute atomic E-state index is 0.0395. The summed E-state index contributed by atoms with van der Waals surface area (Å²) < 4.78 is 32.6. The van der Waals surface area contributed by atoms with Gasteiger partial charge in [0.05, 0.1) is 11.0 Å². The highest BCUT2D eigenvalue weighted by atomic mass is 32.2. The lowest BCUT2D eigenvalue weighted by Gasteiger charge is -2.35. The van der Waals surface area contributed by atoms with E-state index in [2.05, 4.69) is 4.72 Å². The molecule has 1 aromatic carbocycles. The second kappa shape index (κ2) is 5.48. The van der Waals surface area contributed by atoms with Gasteiger partial charge in [0.1, 0.15) is 0 Å². The largest absolute Gasteiger partial charge is 0.398 e. The number of hydrogen-bond donors (Lipinski definition) is 2. The molecule has 1 aliphatic carbocycles. The Morgan fingerprint density at radius 3 is 2.74 bits per heavy atom. The minimum Gasteiger partial charge on any atom is -0.398 e. The molecule has 6 heteroatoms. The highest BCUT2D eigenvalue weighted by Gasteiger charge is 2.33. The van der Waals surface area contributed by atoms with Crippen LogP contribution in [0.25, 0.3) is 0 Å². The number of anilines is 1. The average molecular weight is 284 g/mol. The van der Waals surface area contributed by atoms with Gasteiger partial charge in [-0.2, -0.15) is 0 Å². The summed E-state index contributed by atoms with van der Waals surface area (Å²) in [5.41, 5.74) is 6.83. The molecule has 1 aromatic rings. The molecule has 0 saturated heterocycles. The Morgan fingerprint density at radius 1 is 1.42 bits per heavy atom. The van der Waals surface area contributed by atoms with Crippen molar-refractivity contribution >= 4 is 15.7 Å². The molecule has 0 aliphatic heterocycles. The topological polar surface area (TPSA) is 81.4 Å². The molecule has 1 saturated carbocycles. The lowest BCUT2D eigenvalue weighted by atomic mass is 9.90. The van der Waals surface area contributed by atoms with E-state index in [-0.39, 0.29) is 17.0 Å². The summed E-state index contributed by atoms with van der Waals surface area (Å²) in [4.78, 5) is 0.257. The third-order valence-electron chi connectivity index (χ3n) is 3.43. The van der Waals surface area contributed by atoms with Crippen molar-refractivity contribution in [3.8, 4) is 0 Å². The fourth-order valence-corrected chi connectivity index (χ4v) is 3.78. The number of hydrogen-bond acceptors (Lipinski definition) is 4. The number of ether oxygens (including phenoxy) is 1. The molecule has 0 radical (unpaired) electrons. The Morgan fingerprint density at radius 2 is 2.11 bits per heavy atom. The Kier molecular flexibility index (Phi) is 4.13. The highest BCUT2D eigenvalue weighted by molar-refractivity contribution is 7.89. The van der Waals surface area contributed by atoms with Crippen LogP contribution >= 0.6 is 0 Å². The summed E-state index contributed by atoms with van der Waals surface area (Å²) in [6.07, 6.45) is 1.64. The molecule has 0 heterocycles. The van der Waals surface area contributed by atoms with Gasteiger partial charge in [0.15, 0.2) is 0 Å². The second-order valence-corrected chi connectivity index (χ2v) is 6.52. The molecule has 106 valence electrons. The van der Waals surface area contributed by atoms with Gasteiger partial charge in [0.2, 0.25) is 10.0 Å². The van der Waals surface area contributed by atoms with Crippen LogP contribution in [-0.4, -0.2) is 27.2 Å². The summed E-state index contributed by atoms with van der Waals surface area (Å²) in [6.45, 7) is 4.32. The molecule has 0 aromatic heterocycles. The van der Waals surface area contributed by atoms with Crippen LogP contribution in [0.2, 0.25) is 0 Å². The molecule has 19 heavy (non-hydrogen) atoms. The van der Waals surface area contributed by atoms with Crippen molar-refractivity contribution in [3.63, 3.8) is 0 Å². The Balaban J connectivity index is 2.06. The van der Waals surface area contributed by atoms with Crippen molar-refractivity contribution in [1.82, 2.24) is 4.72 Å². The van der Waals surface area contributed by atoms with Crippen LogP contribution < -0.4 is 10.5 Å². The van der Waals surface area contributed by atoms with E-state index in [0.717, 1.165) is 12.8 Å². The first-order valence-corrected chi connectivity index (χ1v) is 7.91. The van der Waals surface area contributed by atoms with Gasteiger partial charge in [-0.25, -0.2) is 13.1 Å². The van der Waals surface area contributed by atoms with E-state index in [1.54, 1.807) is 25.1 Å². The monoisotopic (exact) mass is 284 g/mol. The molecule has 0 unspecified atom stereocenters. The first-order chi connectivity index (χ1) is 8.94. The van der Waals surface area contributed by atoms with Crippen molar-refractivity contribution in [2.45, 2.75) is 43.7 Å². The SMILES string of the molecule is CCOC1CC(NS(=O)(=O)c2cccc(N)c2C)C1. The van der Waals surface area contributed by atoms with Crippen molar-refractivity contribution in [2.75, 3.05) is 12.3 Å². The molecular formula is C13H20N2O3S. The third-order valence-corrected chi connectivity index (χ3v) is 5.10. The van der Waals surface area contributed by atoms with Gasteiger partial charge < -0.3 is 10.5 Å². The summed E-state index contributed by atoms with van der Waals surface area (Å²) >= 11 is 0. The van der Waals surface area contributed by atoms with Gasteiger partial charge in [-0.1, -0.05) is 6.07 Å². The van der Waals surface area contributed by atoms with Crippen LogP contribution in [0.3, 0.4) is 0 Å². The van der Waals surface area contributed by atoms with Crippen molar-refractivity contribution in [2.24, 2.45) is 0 Å². The van der Waals surface area contributed by atoms with E-state index in [4.69, 9.17) is 10.5 Å². The van der Waals surface area contributed by atoms with Gasteiger partial charge in [-0.3, -0.25) is 0 Å². The predicted octanol–water partition coefficient (Wildman–Crippen LogP) is 1.42. The smallest absolute Gasteiger partial charge is 0.241 e. The molecule has 0 spiro atoms. The predicted molar refractivity (Wildman–Crippen MR) is 74.3 cm³/mol. The molecule has 1 fully saturated rings. The van der Waals surface area contributed by atoms with Gasteiger partial charge in [0.25, 0.3) is 0 Å². The van der Waals surface area contributed by atoms with Crippen LogP contribution in [0.1, 0.15) is 25.3 Å². The van der Waals surface area contributed by atoms with E-state index in [0.29, 0.717) is 17.9 Å². The zero-order chi connectivity index (χ0) is 14.0. The average Bonchev–Trinajstić information content (AvgIpc) is 2.29. The Labute approximate surface area is 114 Å². The molecule has 2 rings (SSSR count). The molecular weight excluding hydrogens is 264 g/mol. The number of nitrogens with two attached hydrogens (primary N) is 1. The summed E-state index contributed by atoms with van der Waals surface area (Å²) in [7, 11) is -3.50. The van der Waals surface area contributed by atoms with Crippen molar-refractivity contribution in [1.29, 1.82) is 0 Å². The zero-order valence-corrected chi connectivity index (χ0v) is 12.0. The van der Waals surface area contributed by atoms with Gasteiger partial charge in [-0.15, -0.1) is 0 Å². The van der Waals surface area contributed by atoms with Crippen LogP contribution in [0.4, 0.5) is 5.69 Å². The Bertz CT molecular complexity index is 551. The minimum atomic E-state index is -3.50. The normalized spacial score (nSPS) is 23.1. The summed E-state index contributed by atoms with van der Waals surface area (Å²) in [6, 6.07) is 4.89. The fourth-order valence-electron chi connectivity index (χ4n) is 2.24. The third kappa shape index (κ3) is 3.08.